The molecule has 0 bridgehead atoms. The largest absolute Gasteiger partial charge is 0.394 e. The number of aliphatic hydroxyl groups excluding tert-OH is 1. The first kappa shape index (κ1) is 16.8. The molecule has 0 spiro atoms. The van der Waals surface area contributed by atoms with Crippen LogP contribution >= 0.6 is 0 Å². The van der Waals surface area contributed by atoms with Gasteiger partial charge < -0.3 is 19.9 Å². The minimum atomic E-state index is -0.274. The lowest BCUT2D eigenvalue weighted by atomic mass is 9.96. The second-order valence-electron chi connectivity index (χ2n) is 5.82. The molecule has 0 heterocycles. The number of ether oxygens (including phenoxy) is 2. The van der Waals surface area contributed by atoms with Gasteiger partial charge in [0.25, 0.3) is 0 Å². The summed E-state index contributed by atoms with van der Waals surface area (Å²) in [5, 5.41) is 12.4. The molecule has 0 fully saturated rings. The molecule has 0 amide bonds. The lowest BCUT2D eigenvalue weighted by molar-refractivity contribution is -0.0546. The number of aliphatic hydroxyl groups is 1. The Morgan fingerprint density at radius 3 is 2.18 bits per heavy atom. The molecule has 0 saturated carbocycles. The van der Waals surface area contributed by atoms with E-state index in [1.165, 1.54) is 0 Å². The molecule has 4 nitrogen and oxygen atoms in total. The second kappa shape index (κ2) is 7.31. The molecular weight excluding hydrogens is 218 g/mol. The number of nitrogens with one attached hydrogen (secondary N) is 1. The summed E-state index contributed by atoms with van der Waals surface area (Å²) in [5.74, 6) is 0. The fourth-order valence-corrected chi connectivity index (χ4v) is 1.54. The zero-order valence-corrected chi connectivity index (χ0v) is 12.2. The molecule has 2 N–H and O–H groups in total. The first-order valence-electron chi connectivity index (χ1n) is 6.28. The minimum absolute atomic E-state index is 0.100. The lowest BCUT2D eigenvalue weighted by Gasteiger charge is -2.30. The van der Waals surface area contributed by atoms with Crippen LogP contribution in [0.3, 0.4) is 0 Å². The first-order chi connectivity index (χ1) is 7.72. The van der Waals surface area contributed by atoms with Gasteiger partial charge in [-0.3, -0.25) is 0 Å². The van der Waals surface area contributed by atoms with Crippen molar-refractivity contribution in [1.29, 1.82) is 0 Å². The highest BCUT2D eigenvalue weighted by molar-refractivity contribution is 4.82. The Labute approximate surface area is 106 Å². The van der Waals surface area contributed by atoms with E-state index in [0.29, 0.717) is 13.2 Å². The summed E-state index contributed by atoms with van der Waals surface area (Å²) in [6, 6.07) is 0. The maximum atomic E-state index is 9.27. The van der Waals surface area contributed by atoms with E-state index in [0.717, 1.165) is 6.42 Å². The van der Waals surface area contributed by atoms with E-state index in [-0.39, 0.29) is 23.9 Å². The molecule has 0 aromatic heterocycles. The zero-order valence-electron chi connectivity index (χ0n) is 12.2. The molecule has 0 aliphatic heterocycles. The SMILES string of the molecule is CNC(C)(CO)CC(C)OCCOC(C)(C)C. The van der Waals surface area contributed by atoms with Crippen LogP contribution in [-0.2, 0) is 9.47 Å². The van der Waals surface area contributed by atoms with E-state index in [1.807, 2.05) is 41.7 Å². The maximum absolute atomic E-state index is 9.27. The van der Waals surface area contributed by atoms with Crippen molar-refractivity contribution in [3.05, 3.63) is 0 Å². The molecule has 4 heteroatoms. The van der Waals surface area contributed by atoms with Crippen molar-refractivity contribution in [1.82, 2.24) is 5.32 Å². The van der Waals surface area contributed by atoms with Gasteiger partial charge in [-0.1, -0.05) is 0 Å². The van der Waals surface area contributed by atoms with E-state index in [9.17, 15) is 5.11 Å². The minimum Gasteiger partial charge on any atom is -0.394 e. The Hall–Kier alpha value is -0.160. The van der Waals surface area contributed by atoms with Crippen LogP contribution in [0.4, 0.5) is 0 Å². The number of rotatable bonds is 8. The summed E-state index contributed by atoms with van der Waals surface area (Å²) in [5.41, 5.74) is -0.387. The van der Waals surface area contributed by atoms with Crippen LogP contribution in [-0.4, -0.2) is 49.2 Å². The Balaban J connectivity index is 3.76. The number of hydrogen-bond donors (Lipinski definition) is 2. The van der Waals surface area contributed by atoms with Gasteiger partial charge in [-0.2, -0.15) is 0 Å². The average molecular weight is 247 g/mol. The molecule has 2 atom stereocenters. The highest BCUT2D eigenvalue weighted by atomic mass is 16.5. The van der Waals surface area contributed by atoms with Gasteiger partial charge in [0.05, 0.1) is 31.5 Å². The summed E-state index contributed by atoms with van der Waals surface area (Å²) < 4.78 is 11.2. The molecule has 0 aromatic rings. The lowest BCUT2D eigenvalue weighted by Crippen LogP contribution is -2.46. The molecule has 0 radical (unpaired) electrons. The van der Waals surface area contributed by atoms with Gasteiger partial charge in [0, 0.05) is 5.54 Å². The van der Waals surface area contributed by atoms with E-state index in [2.05, 4.69) is 5.32 Å². The summed E-state index contributed by atoms with van der Waals surface area (Å²) >= 11 is 0. The highest BCUT2D eigenvalue weighted by Crippen LogP contribution is 2.13. The fourth-order valence-electron chi connectivity index (χ4n) is 1.54. The Kier molecular flexibility index (Phi) is 7.24. The van der Waals surface area contributed by atoms with Gasteiger partial charge in [-0.05, 0) is 48.1 Å². The Morgan fingerprint density at radius 1 is 1.18 bits per heavy atom. The van der Waals surface area contributed by atoms with Crippen LogP contribution in [0.25, 0.3) is 0 Å². The molecule has 0 aliphatic carbocycles. The van der Waals surface area contributed by atoms with Crippen molar-refractivity contribution in [3.8, 4) is 0 Å². The van der Waals surface area contributed by atoms with Crippen molar-refractivity contribution in [2.24, 2.45) is 0 Å². The molecule has 104 valence electrons. The van der Waals surface area contributed by atoms with Gasteiger partial charge in [0.15, 0.2) is 0 Å². The van der Waals surface area contributed by atoms with Crippen molar-refractivity contribution in [3.63, 3.8) is 0 Å². The zero-order chi connectivity index (χ0) is 13.5. The molecular formula is C13H29NO3. The third-order valence-corrected chi connectivity index (χ3v) is 2.71. The third-order valence-electron chi connectivity index (χ3n) is 2.71. The second-order valence-corrected chi connectivity index (χ2v) is 5.82. The smallest absolute Gasteiger partial charge is 0.0707 e. The molecule has 0 rings (SSSR count). The standard InChI is InChI=1S/C13H29NO3/c1-11(9-13(5,10-15)14-6)16-7-8-17-12(2,3)4/h11,14-15H,7-10H2,1-6H3. The van der Waals surface area contributed by atoms with Crippen molar-refractivity contribution in [2.45, 2.75) is 58.3 Å². The quantitative estimate of drug-likeness (QED) is 0.639. The number of likely N-dealkylation sites (N-methyl/N-ethyl adjacent to an activating group) is 1. The van der Waals surface area contributed by atoms with Gasteiger partial charge in [0.2, 0.25) is 0 Å². The highest BCUT2D eigenvalue weighted by Gasteiger charge is 2.24. The monoisotopic (exact) mass is 247 g/mol. The van der Waals surface area contributed by atoms with Gasteiger partial charge in [-0.15, -0.1) is 0 Å². The topological polar surface area (TPSA) is 50.7 Å². The van der Waals surface area contributed by atoms with Crippen LogP contribution in [0.15, 0.2) is 0 Å². The van der Waals surface area contributed by atoms with Crippen LogP contribution in [0.5, 0.6) is 0 Å². The van der Waals surface area contributed by atoms with Crippen molar-refractivity contribution in [2.75, 3.05) is 26.9 Å². The van der Waals surface area contributed by atoms with Gasteiger partial charge in [0.1, 0.15) is 0 Å². The molecule has 0 saturated heterocycles. The third kappa shape index (κ3) is 8.55. The average Bonchev–Trinajstić information content (AvgIpc) is 2.23. The summed E-state index contributed by atoms with van der Waals surface area (Å²) in [4.78, 5) is 0. The van der Waals surface area contributed by atoms with Crippen LogP contribution in [0.2, 0.25) is 0 Å². The molecule has 17 heavy (non-hydrogen) atoms. The van der Waals surface area contributed by atoms with Crippen LogP contribution < -0.4 is 5.32 Å². The normalized spacial score (nSPS) is 17.8. The van der Waals surface area contributed by atoms with E-state index < -0.39 is 0 Å². The Bertz CT molecular complexity index is 197. The van der Waals surface area contributed by atoms with Crippen molar-refractivity contribution >= 4 is 0 Å². The Morgan fingerprint density at radius 2 is 1.76 bits per heavy atom. The number of hydrogen-bond acceptors (Lipinski definition) is 4. The molecule has 0 aromatic carbocycles. The van der Waals surface area contributed by atoms with Gasteiger partial charge >= 0.3 is 0 Å². The molecule has 0 aliphatic rings. The van der Waals surface area contributed by atoms with Gasteiger partial charge in [-0.25, -0.2) is 0 Å². The first-order valence-corrected chi connectivity index (χ1v) is 6.28. The summed E-state index contributed by atoms with van der Waals surface area (Å²) in [6.07, 6.45) is 0.873. The molecule has 2 unspecified atom stereocenters. The maximum Gasteiger partial charge on any atom is 0.0707 e. The summed E-state index contributed by atoms with van der Waals surface area (Å²) in [6.45, 7) is 11.4. The van der Waals surface area contributed by atoms with E-state index in [1.54, 1.807) is 0 Å². The van der Waals surface area contributed by atoms with Crippen LogP contribution in [0.1, 0.15) is 41.0 Å². The predicted octanol–water partition coefficient (Wildman–Crippen LogP) is 1.57. The summed E-state index contributed by atoms with van der Waals surface area (Å²) in [7, 11) is 1.85. The van der Waals surface area contributed by atoms with Crippen molar-refractivity contribution < 1.29 is 14.6 Å². The van der Waals surface area contributed by atoms with E-state index in [4.69, 9.17) is 9.47 Å². The van der Waals surface area contributed by atoms with E-state index >= 15 is 0 Å². The fraction of sp³-hybridized carbons (Fsp3) is 1.00. The van der Waals surface area contributed by atoms with Crippen LogP contribution in [0, 0.1) is 0 Å². The predicted molar refractivity (Wildman–Crippen MR) is 70.3 cm³/mol.